The smallest absolute Gasteiger partial charge is 0.369 e. The van der Waals surface area contributed by atoms with Crippen molar-refractivity contribution in [2.24, 2.45) is 0 Å². The highest BCUT2D eigenvalue weighted by molar-refractivity contribution is 6.03. The number of nitrogens with zero attached hydrogens (tertiary/aromatic N) is 5. The zero-order chi connectivity index (χ0) is 27.7. The van der Waals surface area contributed by atoms with Crippen LogP contribution in [0.4, 0.5) is 24.5 Å². The maximum Gasteiger partial charge on any atom is 0.416 e. The third-order valence-electron chi connectivity index (χ3n) is 6.87. The number of anilines is 2. The topological polar surface area (TPSA) is 82.1 Å². The van der Waals surface area contributed by atoms with E-state index >= 15 is 0 Å². The number of hydrogen-bond acceptors (Lipinski definition) is 5. The largest absolute Gasteiger partial charge is 0.416 e. The first kappa shape index (κ1) is 26.5. The molecular formula is C28H30F3N7O. The SMILES string of the molecule is CC(C)n1cnc(-c2ccc(C(F)(F)F)cc2)c1-c1ncc(C(=O)Nc2ccc(N3CCN(C)CC3)cc2)[nH]1. The number of likely N-dealkylation sites (N-methyl/N-ethyl adjacent to an activating group) is 1. The molecule has 4 aromatic rings. The van der Waals surface area contributed by atoms with Gasteiger partial charge in [0.05, 0.1) is 23.8 Å². The van der Waals surface area contributed by atoms with E-state index in [9.17, 15) is 18.0 Å². The highest BCUT2D eigenvalue weighted by atomic mass is 19.4. The van der Waals surface area contributed by atoms with Crippen LogP contribution in [0.25, 0.3) is 22.8 Å². The van der Waals surface area contributed by atoms with Gasteiger partial charge in [-0.1, -0.05) is 12.1 Å². The fraction of sp³-hybridized carbons (Fsp3) is 0.321. The molecule has 5 rings (SSSR count). The van der Waals surface area contributed by atoms with Crippen LogP contribution in [-0.4, -0.2) is 63.6 Å². The predicted molar refractivity (Wildman–Crippen MR) is 145 cm³/mol. The molecule has 1 fully saturated rings. The quantitative estimate of drug-likeness (QED) is 0.337. The summed E-state index contributed by atoms with van der Waals surface area (Å²) in [6, 6.07) is 12.6. The van der Waals surface area contributed by atoms with Gasteiger partial charge in [0.25, 0.3) is 5.91 Å². The van der Waals surface area contributed by atoms with Crippen LogP contribution in [-0.2, 0) is 6.18 Å². The Kier molecular flexibility index (Phi) is 7.17. The number of aromatic amines is 1. The van der Waals surface area contributed by atoms with Crippen LogP contribution in [0.3, 0.4) is 0 Å². The van der Waals surface area contributed by atoms with Gasteiger partial charge in [0.15, 0.2) is 5.82 Å². The fourth-order valence-electron chi connectivity index (χ4n) is 4.59. The summed E-state index contributed by atoms with van der Waals surface area (Å²) in [5.74, 6) is 0.0412. The molecule has 39 heavy (non-hydrogen) atoms. The number of H-pyrrole nitrogens is 1. The average Bonchev–Trinajstić information content (AvgIpc) is 3.57. The number of hydrogen-bond donors (Lipinski definition) is 2. The van der Waals surface area contributed by atoms with Gasteiger partial charge in [-0.05, 0) is 57.3 Å². The van der Waals surface area contributed by atoms with Crippen molar-refractivity contribution in [3.05, 3.63) is 72.3 Å². The van der Waals surface area contributed by atoms with Crippen molar-refractivity contribution >= 4 is 17.3 Å². The summed E-state index contributed by atoms with van der Waals surface area (Å²) < 4.78 is 41.0. The molecule has 3 heterocycles. The Hall–Kier alpha value is -4.12. The van der Waals surface area contributed by atoms with Gasteiger partial charge >= 0.3 is 6.18 Å². The normalized spacial score (nSPS) is 14.7. The maximum atomic E-state index is 13.1. The lowest BCUT2D eigenvalue weighted by Gasteiger charge is -2.34. The van der Waals surface area contributed by atoms with Crippen LogP contribution in [0, 0.1) is 0 Å². The van der Waals surface area contributed by atoms with E-state index in [4.69, 9.17) is 0 Å². The molecule has 0 saturated carbocycles. The monoisotopic (exact) mass is 537 g/mol. The van der Waals surface area contributed by atoms with Gasteiger partial charge in [0.1, 0.15) is 11.4 Å². The lowest BCUT2D eigenvalue weighted by atomic mass is 10.1. The number of aromatic nitrogens is 4. The Morgan fingerprint density at radius 2 is 1.64 bits per heavy atom. The highest BCUT2D eigenvalue weighted by Gasteiger charge is 2.30. The third kappa shape index (κ3) is 5.68. The molecule has 1 amide bonds. The second-order valence-electron chi connectivity index (χ2n) is 9.95. The Bertz CT molecular complexity index is 1430. The Morgan fingerprint density at radius 3 is 2.26 bits per heavy atom. The molecule has 8 nitrogen and oxygen atoms in total. The summed E-state index contributed by atoms with van der Waals surface area (Å²) in [6.07, 6.45) is -1.36. The number of amides is 1. The fourth-order valence-corrected chi connectivity index (χ4v) is 4.59. The van der Waals surface area contributed by atoms with Crippen molar-refractivity contribution in [3.63, 3.8) is 0 Å². The summed E-state index contributed by atoms with van der Waals surface area (Å²) >= 11 is 0. The van der Waals surface area contributed by atoms with Crippen molar-refractivity contribution in [2.45, 2.75) is 26.1 Å². The van der Waals surface area contributed by atoms with Crippen molar-refractivity contribution in [1.82, 2.24) is 24.4 Å². The number of rotatable bonds is 6. The molecule has 2 aromatic heterocycles. The molecule has 0 spiro atoms. The van der Waals surface area contributed by atoms with Crippen LogP contribution in [0.5, 0.6) is 0 Å². The number of benzene rings is 2. The number of carbonyl (C=O) groups excluding carboxylic acids is 1. The van der Waals surface area contributed by atoms with Crippen molar-refractivity contribution in [3.8, 4) is 22.8 Å². The summed E-state index contributed by atoms with van der Waals surface area (Å²) in [4.78, 5) is 29.6. The standard InChI is InChI=1S/C28H30F3N7O/c1-18(2)38-17-33-24(19-4-6-20(7-5-19)28(29,30)31)25(38)26-32-16-23(35-26)27(39)34-21-8-10-22(11-9-21)37-14-12-36(3)13-15-37/h4-11,16-18H,12-15H2,1-3H3,(H,32,35)(H,34,39). The van der Waals surface area contributed by atoms with E-state index in [0.717, 1.165) is 44.0 Å². The zero-order valence-electron chi connectivity index (χ0n) is 22.0. The molecule has 0 radical (unpaired) electrons. The Morgan fingerprint density at radius 1 is 0.974 bits per heavy atom. The summed E-state index contributed by atoms with van der Waals surface area (Å²) in [5, 5.41) is 2.89. The van der Waals surface area contributed by atoms with E-state index in [1.165, 1.54) is 18.3 Å². The van der Waals surface area contributed by atoms with Crippen molar-refractivity contribution < 1.29 is 18.0 Å². The maximum absolute atomic E-state index is 13.1. The van der Waals surface area contributed by atoms with E-state index in [1.54, 1.807) is 6.33 Å². The molecule has 204 valence electrons. The lowest BCUT2D eigenvalue weighted by molar-refractivity contribution is -0.137. The molecule has 2 aromatic carbocycles. The molecule has 11 heteroatoms. The van der Waals surface area contributed by atoms with Gasteiger partial charge in [-0.3, -0.25) is 4.79 Å². The first-order valence-corrected chi connectivity index (χ1v) is 12.7. The number of halogens is 3. The first-order chi connectivity index (χ1) is 18.6. The van der Waals surface area contributed by atoms with Crippen LogP contribution >= 0.6 is 0 Å². The van der Waals surface area contributed by atoms with Crippen LogP contribution in [0.15, 0.2) is 61.1 Å². The van der Waals surface area contributed by atoms with Gasteiger partial charge in [-0.15, -0.1) is 0 Å². The number of carbonyl (C=O) groups is 1. The van der Waals surface area contributed by atoms with Crippen LogP contribution in [0.1, 0.15) is 35.9 Å². The molecule has 1 aliphatic rings. The van der Waals surface area contributed by atoms with E-state index in [0.29, 0.717) is 28.5 Å². The molecule has 1 aliphatic heterocycles. The highest BCUT2D eigenvalue weighted by Crippen LogP contribution is 2.34. The number of alkyl halides is 3. The Balaban J connectivity index is 1.35. The summed E-state index contributed by atoms with van der Waals surface area (Å²) in [6.45, 7) is 7.86. The van der Waals surface area contributed by atoms with Crippen LogP contribution < -0.4 is 10.2 Å². The molecule has 0 bridgehead atoms. The minimum atomic E-state index is -4.42. The zero-order valence-corrected chi connectivity index (χ0v) is 22.0. The molecule has 1 saturated heterocycles. The number of piperazine rings is 1. The van der Waals surface area contributed by atoms with Crippen molar-refractivity contribution in [1.29, 1.82) is 0 Å². The predicted octanol–water partition coefficient (Wildman–Crippen LogP) is 5.54. The first-order valence-electron chi connectivity index (χ1n) is 12.7. The van der Waals surface area contributed by atoms with E-state index in [-0.39, 0.29) is 17.6 Å². The lowest BCUT2D eigenvalue weighted by Crippen LogP contribution is -2.44. The van der Waals surface area contributed by atoms with Gasteiger partial charge in [-0.2, -0.15) is 13.2 Å². The van der Waals surface area contributed by atoms with Gasteiger partial charge in [0, 0.05) is 49.2 Å². The molecule has 0 atom stereocenters. The molecule has 0 aliphatic carbocycles. The number of imidazole rings is 2. The average molecular weight is 538 g/mol. The van der Waals surface area contributed by atoms with Gasteiger partial charge in [-0.25, -0.2) is 9.97 Å². The second kappa shape index (κ2) is 10.6. The van der Waals surface area contributed by atoms with Gasteiger partial charge < -0.3 is 24.7 Å². The van der Waals surface area contributed by atoms with Crippen LogP contribution in [0.2, 0.25) is 0 Å². The third-order valence-corrected chi connectivity index (χ3v) is 6.87. The summed E-state index contributed by atoms with van der Waals surface area (Å²) in [5.41, 5.74) is 2.86. The second-order valence-corrected chi connectivity index (χ2v) is 9.95. The van der Waals surface area contributed by atoms with E-state index < -0.39 is 11.7 Å². The number of nitrogens with one attached hydrogen (secondary N) is 2. The summed E-state index contributed by atoms with van der Waals surface area (Å²) in [7, 11) is 2.11. The molecular weight excluding hydrogens is 507 g/mol. The molecule has 2 N–H and O–H groups in total. The van der Waals surface area contributed by atoms with E-state index in [1.807, 2.05) is 42.7 Å². The Labute approximate surface area is 224 Å². The minimum Gasteiger partial charge on any atom is -0.369 e. The molecule has 0 unspecified atom stereocenters. The van der Waals surface area contributed by atoms with E-state index in [2.05, 4.69) is 37.1 Å². The minimum absolute atomic E-state index is 0.00288. The van der Waals surface area contributed by atoms with Crippen molar-refractivity contribution in [2.75, 3.05) is 43.4 Å². The van der Waals surface area contributed by atoms with Gasteiger partial charge in [0.2, 0.25) is 0 Å².